The summed E-state index contributed by atoms with van der Waals surface area (Å²) >= 11 is 0. The fourth-order valence-corrected chi connectivity index (χ4v) is 3.63. The first kappa shape index (κ1) is 16.5. The van der Waals surface area contributed by atoms with E-state index in [1.54, 1.807) is 6.07 Å². The molecule has 1 aliphatic rings. The van der Waals surface area contributed by atoms with Gasteiger partial charge >= 0.3 is 0 Å². The van der Waals surface area contributed by atoms with Gasteiger partial charge < -0.3 is 16.4 Å². The Balaban J connectivity index is 1.73. The van der Waals surface area contributed by atoms with E-state index in [0.717, 1.165) is 24.3 Å². The molecule has 2 aromatic carbocycles. The summed E-state index contributed by atoms with van der Waals surface area (Å²) in [7, 11) is 0. The first-order valence-corrected chi connectivity index (χ1v) is 8.73. The van der Waals surface area contributed by atoms with Crippen molar-refractivity contribution in [3.05, 3.63) is 65.5 Å². The highest BCUT2D eigenvalue weighted by Gasteiger charge is 2.29. The van der Waals surface area contributed by atoms with Gasteiger partial charge in [-0.3, -0.25) is 4.79 Å². The van der Waals surface area contributed by atoms with Gasteiger partial charge in [-0.15, -0.1) is 0 Å². The Morgan fingerprint density at radius 2 is 1.92 bits per heavy atom. The molecule has 1 saturated heterocycles. The summed E-state index contributed by atoms with van der Waals surface area (Å²) < 4.78 is 0. The first-order valence-electron chi connectivity index (χ1n) is 8.73. The molecule has 26 heavy (non-hydrogen) atoms. The van der Waals surface area contributed by atoms with Gasteiger partial charge in [0.05, 0.1) is 11.1 Å². The van der Waals surface area contributed by atoms with Gasteiger partial charge in [0.15, 0.2) is 0 Å². The number of aryl methyl sites for hydroxylation is 1. The van der Waals surface area contributed by atoms with Crippen LogP contribution in [0.2, 0.25) is 0 Å². The van der Waals surface area contributed by atoms with Crippen LogP contribution in [0.25, 0.3) is 10.9 Å². The minimum atomic E-state index is -0.482. The summed E-state index contributed by atoms with van der Waals surface area (Å²) in [6, 6.07) is 16.1. The monoisotopic (exact) mass is 347 g/mol. The normalized spacial score (nSPS) is 19.6. The zero-order valence-electron chi connectivity index (χ0n) is 14.6. The summed E-state index contributed by atoms with van der Waals surface area (Å²) in [6.07, 6.45) is 0. The molecular formula is C20H21N5O. The second-order valence-corrected chi connectivity index (χ2v) is 6.61. The molecule has 4 N–H and O–H groups in total. The van der Waals surface area contributed by atoms with Gasteiger partial charge in [0, 0.05) is 30.4 Å². The third kappa shape index (κ3) is 2.99. The van der Waals surface area contributed by atoms with E-state index in [4.69, 9.17) is 5.73 Å². The molecule has 1 amide bonds. The van der Waals surface area contributed by atoms with E-state index in [1.165, 1.54) is 5.56 Å². The highest BCUT2D eigenvalue weighted by molar-refractivity contribution is 6.07. The smallest absolute Gasteiger partial charge is 0.250 e. The van der Waals surface area contributed by atoms with E-state index in [9.17, 15) is 4.79 Å². The molecule has 4 rings (SSSR count). The molecule has 1 aromatic heterocycles. The lowest BCUT2D eigenvalue weighted by Gasteiger charge is -2.22. The second-order valence-electron chi connectivity index (χ2n) is 6.61. The third-order valence-electron chi connectivity index (χ3n) is 4.87. The zero-order chi connectivity index (χ0) is 18.1. The molecule has 1 fully saturated rings. The molecule has 1 aliphatic heterocycles. The van der Waals surface area contributed by atoms with Crippen molar-refractivity contribution in [2.75, 3.05) is 18.4 Å². The average Bonchev–Trinajstić information content (AvgIpc) is 3.10. The van der Waals surface area contributed by atoms with Crippen molar-refractivity contribution in [2.45, 2.75) is 18.9 Å². The third-order valence-corrected chi connectivity index (χ3v) is 4.87. The molecule has 132 valence electrons. The molecule has 0 aliphatic carbocycles. The molecule has 6 nitrogen and oxygen atoms in total. The molecule has 3 aromatic rings. The Labute approximate surface area is 151 Å². The van der Waals surface area contributed by atoms with Crippen LogP contribution in [0.1, 0.15) is 27.7 Å². The number of fused-ring (bicyclic) bond motifs is 1. The van der Waals surface area contributed by atoms with E-state index < -0.39 is 5.91 Å². The number of primary amides is 1. The maximum Gasteiger partial charge on any atom is 0.250 e. The number of nitrogens with one attached hydrogen (secondary N) is 2. The quantitative estimate of drug-likeness (QED) is 0.673. The Hall–Kier alpha value is -2.99. The molecule has 1 unspecified atom stereocenters. The fraction of sp³-hybridized carbons (Fsp3) is 0.250. The van der Waals surface area contributed by atoms with Crippen molar-refractivity contribution in [1.29, 1.82) is 0 Å². The highest BCUT2D eigenvalue weighted by atomic mass is 16.1. The lowest BCUT2D eigenvalue weighted by molar-refractivity contribution is 0.100. The van der Waals surface area contributed by atoms with Crippen molar-refractivity contribution in [1.82, 2.24) is 15.3 Å². The van der Waals surface area contributed by atoms with Crippen LogP contribution in [0, 0.1) is 6.92 Å². The number of nitrogens with zero attached hydrogens (tertiary/aromatic N) is 2. The summed E-state index contributed by atoms with van der Waals surface area (Å²) in [4.78, 5) is 20.8. The molecule has 0 saturated carbocycles. The Bertz CT molecular complexity index is 957. The van der Waals surface area contributed by atoms with Crippen molar-refractivity contribution in [2.24, 2.45) is 5.73 Å². The van der Waals surface area contributed by atoms with E-state index in [0.29, 0.717) is 22.8 Å². The largest absolute Gasteiger partial charge is 0.366 e. The number of anilines is 1. The van der Waals surface area contributed by atoms with Crippen molar-refractivity contribution in [3.8, 4) is 0 Å². The van der Waals surface area contributed by atoms with Gasteiger partial charge in [-0.25, -0.2) is 9.97 Å². The average molecular weight is 347 g/mol. The van der Waals surface area contributed by atoms with Crippen LogP contribution in [-0.2, 0) is 0 Å². The van der Waals surface area contributed by atoms with Crippen molar-refractivity contribution < 1.29 is 4.79 Å². The maximum absolute atomic E-state index is 11.8. The Kier molecular flexibility index (Phi) is 4.26. The van der Waals surface area contributed by atoms with Gasteiger partial charge in [-0.2, -0.15) is 0 Å². The Morgan fingerprint density at radius 1 is 1.12 bits per heavy atom. The topological polar surface area (TPSA) is 92.9 Å². The summed E-state index contributed by atoms with van der Waals surface area (Å²) in [5.74, 6) is 1.21. The van der Waals surface area contributed by atoms with Crippen LogP contribution in [0.5, 0.6) is 0 Å². The van der Waals surface area contributed by atoms with Crippen LogP contribution in [0.15, 0.2) is 48.5 Å². The molecule has 0 spiro atoms. The summed E-state index contributed by atoms with van der Waals surface area (Å²) in [5.41, 5.74) is 7.82. The number of hydrogen-bond acceptors (Lipinski definition) is 5. The van der Waals surface area contributed by atoms with E-state index >= 15 is 0 Å². The molecule has 2 atom stereocenters. The predicted molar refractivity (Wildman–Crippen MR) is 102 cm³/mol. The van der Waals surface area contributed by atoms with E-state index in [2.05, 4.69) is 44.9 Å². The minimum absolute atomic E-state index is 0.201. The second kappa shape index (κ2) is 6.72. The number of amides is 1. The van der Waals surface area contributed by atoms with Gasteiger partial charge in [-0.1, -0.05) is 36.4 Å². The minimum Gasteiger partial charge on any atom is -0.366 e. The number of hydrogen-bond donors (Lipinski definition) is 3. The Morgan fingerprint density at radius 3 is 2.69 bits per heavy atom. The first-order chi connectivity index (χ1) is 12.6. The van der Waals surface area contributed by atoms with Crippen molar-refractivity contribution in [3.63, 3.8) is 0 Å². The van der Waals surface area contributed by atoms with Crippen LogP contribution in [-0.4, -0.2) is 35.0 Å². The lowest BCUT2D eigenvalue weighted by Crippen LogP contribution is -2.28. The maximum atomic E-state index is 11.8. The van der Waals surface area contributed by atoms with Crippen LogP contribution in [0.4, 0.5) is 5.82 Å². The van der Waals surface area contributed by atoms with Gasteiger partial charge in [0.1, 0.15) is 11.6 Å². The highest BCUT2D eigenvalue weighted by Crippen LogP contribution is 2.29. The fourth-order valence-electron chi connectivity index (χ4n) is 3.63. The number of rotatable bonds is 4. The summed E-state index contributed by atoms with van der Waals surface area (Å²) in [6.45, 7) is 3.58. The zero-order valence-corrected chi connectivity index (χ0v) is 14.6. The number of aromatic nitrogens is 2. The lowest BCUT2D eigenvalue weighted by atomic mass is 9.94. The predicted octanol–water partition coefficient (Wildman–Crippen LogP) is 2.20. The molecular weight excluding hydrogens is 326 g/mol. The van der Waals surface area contributed by atoms with Crippen molar-refractivity contribution >= 4 is 22.6 Å². The molecule has 6 heteroatoms. The van der Waals surface area contributed by atoms with Crippen LogP contribution >= 0.6 is 0 Å². The van der Waals surface area contributed by atoms with Gasteiger partial charge in [0.2, 0.25) is 0 Å². The SMILES string of the molecule is Cc1nc(NC2CNC[C@@H]2c2ccccc2)c2cccc(C(N)=O)c2n1. The molecule has 2 heterocycles. The van der Waals surface area contributed by atoms with E-state index in [1.807, 2.05) is 25.1 Å². The number of benzene rings is 2. The number of carbonyl (C=O) groups excluding carboxylic acids is 1. The molecule has 0 bridgehead atoms. The van der Waals surface area contributed by atoms with Crippen LogP contribution in [0.3, 0.4) is 0 Å². The summed E-state index contributed by atoms with van der Waals surface area (Å²) in [5, 5.41) is 7.84. The molecule has 0 radical (unpaired) electrons. The standard InChI is InChI=1S/C20H21N5O/c1-12-23-18-14(19(21)26)8-5-9-15(18)20(24-12)25-17-11-22-10-16(17)13-6-3-2-4-7-13/h2-9,16-17,22H,10-11H2,1H3,(H2,21,26)(H,23,24,25)/t16-,17?/m1/s1. The number of carbonyl (C=O) groups is 1. The van der Waals surface area contributed by atoms with Crippen LogP contribution < -0.4 is 16.4 Å². The van der Waals surface area contributed by atoms with E-state index in [-0.39, 0.29) is 6.04 Å². The van der Waals surface area contributed by atoms with Gasteiger partial charge in [0.25, 0.3) is 5.91 Å². The number of para-hydroxylation sites is 1. The number of nitrogens with two attached hydrogens (primary N) is 1. The van der Waals surface area contributed by atoms with Gasteiger partial charge in [-0.05, 0) is 24.6 Å².